The van der Waals surface area contributed by atoms with E-state index >= 15 is 0 Å². The summed E-state index contributed by atoms with van der Waals surface area (Å²) in [5, 5.41) is 0. The quantitative estimate of drug-likeness (QED) is 0.161. The summed E-state index contributed by atoms with van der Waals surface area (Å²) in [5.41, 5.74) is 24.9. The molecule has 1 heteroatoms. The van der Waals surface area contributed by atoms with E-state index in [0.29, 0.717) is 5.92 Å². The van der Waals surface area contributed by atoms with Gasteiger partial charge in [-0.3, -0.25) is 0 Å². The lowest BCUT2D eigenvalue weighted by molar-refractivity contribution is -0.168. The van der Waals surface area contributed by atoms with Crippen molar-refractivity contribution < 1.29 is 0 Å². The summed E-state index contributed by atoms with van der Waals surface area (Å²) in [5.74, 6) is 4.33. The van der Waals surface area contributed by atoms with Crippen LogP contribution in [0, 0.1) is 29.6 Å². The number of nitrogens with zero attached hydrogens (tertiary/aromatic N) is 1. The second kappa shape index (κ2) is 15.3. The average Bonchev–Trinajstić information content (AvgIpc) is 3.81. The molecule has 340 valence electrons. The van der Waals surface area contributed by atoms with E-state index in [0.717, 1.165) is 40.7 Å². The first-order valence-electron chi connectivity index (χ1n) is 26.4. The zero-order chi connectivity index (χ0) is 46.2. The Morgan fingerprint density at radius 3 is 1.59 bits per heavy atom. The number of hydrogen-bond donors (Lipinski definition) is 0. The van der Waals surface area contributed by atoms with Gasteiger partial charge >= 0.3 is 0 Å². The van der Waals surface area contributed by atoms with Crippen LogP contribution in [0.2, 0.25) is 0 Å². The molecule has 2 spiro atoms. The van der Waals surface area contributed by atoms with E-state index in [-0.39, 0.29) is 16.2 Å². The van der Waals surface area contributed by atoms with Gasteiger partial charge in [0, 0.05) is 27.9 Å². The van der Waals surface area contributed by atoms with Gasteiger partial charge in [-0.05, 0) is 199 Å². The van der Waals surface area contributed by atoms with Crippen LogP contribution in [0.5, 0.6) is 0 Å². The summed E-state index contributed by atoms with van der Waals surface area (Å²) in [7, 11) is 0. The minimum atomic E-state index is 0.122. The van der Waals surface area contributed by atoms with Crippen molar-refractivity contribution in [2.75, 3.05) is 4.90 Å². The highest BCUT2D eigenvalue weighted by Crippen LogP contribution is 2.74. The predicted molar refractivity (Wildman–Crippen MR) is 289 cm³/mol. The molecule has 0 aromatic heterocycles. The van der Waals surface area contributed by atoms with Crippen LogP contribution in [-0.4, -0.2) is 0 Å². The highest BCUT2D eigenvalue weighted by molar-refractivity contribution is 5.89. The molecule has 6 atom stereocenters. The van der Waals surface area contributed by atoms with Gasteiger partial charge in [0.1, 0.15) is 0 Å². The average molecular weight is 894 g/mol. The lowest BCUT2D eigenvalue weighted by Gasteiger charge is -2.69. The minimum Gasteiger partial charge on any atom is -0.310 e. The van der Waals surface area contributed by atoms with E-state index in [4.69, 9.17) is 0 Å². The van der Waals surface area contributed by atoms with Crippen LogP contribution >= 0.6 is 0 Å². The monoisotopic (exact) mass is 893 g/mol. The lowest BCUT2D eigenvalue weighted by Crippen LogP contribution is -2.64. The predicted octanol–water partition coefficient (Wildman–Crippen LogP) is 18.3. The van der Waals surface area contributed by atoms with Crippen molar-refractivity contribution in [3.63, 3.8) is 0 Å². The number of anilines is 3. The third kappa shape index (κ3) is 6.08. The van der Waals surface area contributed by atoms with Gasteiger partial charge < -0.3 is 4.90 Å². The molecule has 69 heavy (non-hydrogen) atoms. The molecule has 4 saturated carbocycles. The Labute approximate surface area is 410 Å². The van der Waals surface area contributed by atoms with Crippen molar-refractivity contribution in [3.8, 4) is 55.6 Å². The Hall–Kier alpha value is -6.44. The fraction of sp³-hybridized carbons (Fsp3) is 0.294. The molecule has 14 rings (SSSR count). The Morgan fingerprint density at radius 1 is 0.420 bits per heavy atom. The molecular weight excluding hydrogens is 831 g/mol. The maximum atomic E-state index is 2.58. The third-order valence-corrected chi connectivity index (χ3v) is 18.9. The van der Waals surface area contributed by atoms with Gasteiger partial charge in [0.05, 0.1) is 0 Å². The van der Waals surface area contributed by atoms with E-state index in [1.165, 1.54) is 118 Å². The van der Waals surface area contributed by atoms with Crippen molar-refractivity contribution in [1.29, 1.82) is 0 Å². The minimum absolute atomic E-state index is 0.122. The molecule has 0 N–H and O–H groups in total. The molecule has 0 amide bonds. The van der Waals surface area contributed by atoms with Gasteiger partial charge in [-0.15, -0.1) is 0 Å². The molecule has 0 radical (unpaired) electrons. The molecule has 8 aromatic carbocycles. The zero-order valence-electron chi connectivity index (χ0n) is 40.8. The summed E-state index contributed by atoms with van der Waals surface area (Å²) >= 11 is 0. The van der Waals surface area contributed by atoms with E-state index in [2.05, 4.69) is 215 Å². The number of rotatable bonds is 6. The Kier molecular flexibility index (Phi) is 9.19. The molecule has 6 aliphatic rings. The maximum absolute atomic E-state index is 2.58. The van der Waals surface area contributed by atoms with Crippen molar-refractivity contribution in [1.82, 2.24) is 0 Å². The van der Waals surface area contributed by atoms with E-state index < -0.39 is 0 Å². The zero-order valence-corrected chi connectivity index (χ0v) is 40.8. The van der Waals surface area contributed by atoms with E-state index in [1.807, 2.05) is 0 Å². The van der Waals surface area contributed by atoms with Crippen molar-refractivity contribution in [2.45, 2.75) is 95.3 Å². The Morgan fingerprint density at radius 2 is 0.928 bits per heavy atom. The summed E-state index contributed by atoms with van der Waals surface area (Å²) in [6.45, 7) is 9.43. The molecule has 0 aliphatic heterocycles. The molecule has 8 aromatic rings. The van der Waals surface area contributed by atoms with Crippen molar-refractivity contribution in [3.05, 3.63) is 210 Å². The number of benzene rings is 8. The highest BCUT2D eigenvalue weighted by Gasteiger charge is 2.68. The summed E-state index contributed by atoms with van der Waals surface area (Å²) in [6.07, 6.45) is 10.7. The molecule has 0 heterocycles. The van der Waals surface area contributed by atoms with Crippen LogP contribution < -0.4 is 4.90 Å². The second-order valence-electron chi connectivity index (χ2n) is 23.2. The van der Waals surface area contributed by atoms with Crippen LogP contribution in [0.1, 0.15) is 107 Å². The summed E-state index contributed by atoms with van der Waals surface area (Å²) in [4.78, 5) is 2.45. The van der Waals surface area contributed by atoms with E-state index in [9.17, 15) is 0 Å². The van der Waals surface area contributed by atoms with Crippen LogP contribution in [0.4, 0.5) is 17.1 Å². The van der Waals surface area contributed by atoms with Gasteiger partial charge in [0.15, 0.2) is 0 Å². The first kappa shape index (κ1) is 41.5. The van der Waals surface area contributed by atoms with E-state index in [1.54, 1.807) is 16.7 Å². The molecule has 4 fully saturated rings. The standard InChI is InChI=1S/C68H63N/c1-43-37-50-38-51-42-64(65(50)51)68(43)62-18-9-7-16-57(62)59-40-48(26-34-63(59)68)46-23-31-54(32-24-46)69(53-29-21-45(22-30-53)44-19-27-52(28-20-44)66(2,3)4)55-14-12-13-47(39-55)49-25-33-61-58(41-49)56-15-6-8-17-60(56)67(61)35-10-5-11-36-67/h6-9,12-34,39-41,43,50-51,64-65H,5,10-11,35-38,42H2,1-4H3/t43-,50?,51+,64-,65?,68+/m0/s1. The van der Waals surface area contributed by atoms with Gasteiger partial charge in [-0.25, -0.2) is 0 Å². The SMILES string of the molecule is C[C@H]1CC2C[C@@H]3C[C@@H](C23)[C@@]12c1ccccc1-c1cc(-c3ccc(N(c4ccc(-c5ccc(C(C)(C)C)cc5)cc4)c4cccc(-c5ccc6c(c5)-c5ccccc5C65CCCCC5)c4)cc3)ccc12. The maximum Gasteiger partial charge on any atom is 0.0467 e. The fourth-order valence-electron chi connectivity index (χ4n) is 15.7. The molecule has 0 bridgehead atoms. The third-order valence-electron chi connectivity index (χ3n) is 18.9. The Bertz CT molecular complexity index is 3300. The smallest absolute Gasteiger partial charge is 0.0467 e. The van der Waals surface area contributed by atoms with Crippen LogP contribution in [0.25, 0.3) is 55.6 Å². The molecule has 0 saturated heterocycles. The number of fused-ring (bicyclic) bond motifs is 11. The molecule has 6 aliphatic carbocycles. The van der Waals surface area contributed by atoms with Crippen LogP contribution in [0.15, 0.2) is 182 Å². The second-order valence-corrected chi connectivity index (χ2v) is 23.2. The molecular formula is C68H63N. The number of hydrogen-bond acceptors (Lipinski definition) is 1. The Balaban J connectivity index is 0.837. The largest absolute Gasteiger partial charge is 0.310 e. The first-order chi connectivity index (χ1) is 33.7. The van der Waals surface area contributed by atoms with Crippen molar-refractivity contribution >= 4 is 17.1 Å². The first-order valence-corrected chi connectivity index (χ1v) is 26.4. The highest BCUT2D eigenvalue weighted by atomic mass is 15.1. The van der Waals surface area contributed by atoms with Crippen LogP contribution in [0.3, 0.4) is 0 Å². The summed E-state index contributed by atoms with van der Waals surface area (Å²) in [6, 6.07) is 70.6. The van der Waals surface area contributed by atoms with Crippen LogP contribution in [-0.2, 0) is 16.2 Å². The topological polar surface area (TPSA) is 3.24 Å². The normalized spacial score (nSPS) is 24.1. The summed E-state index contributed by atoms with van der Waals surface area (Å²) < 4.78 is 0. The van der Waals surface area contributed by atoms with Gasteiger partial charge in [-0.2, -0.15) is 0 Å². The fourth-order valence-corrected chi connectivity index (χ4v) is 15.7. The van der Waals surface area contributed by atoms with Crippen molar-refractivity contribution in [2.24, 2.45) is 29.6 Å². The van der Waals surface area contributed by atoms with Gasteiger partial charge in [0.2, 0.25) is 0 Å². The van der Waals surface area contributed by atoms with Gasteiger partial charge in [0.25, 0.3) is 0 Å². The molecule has 1 nitrogen and oxygen atoms in total. The lowest BCUT2D eigenvalue weighted by atomic mass is 9.34. The molecule has 2 unspecified atom stereocenters. The van der Waals surface area contributed by atoms with Gasteiger partial charge in [-0.1, -0.05) is 180 Å².